The van der Waals surface area contributed by atoms with E-state index in [4.69, 9.17) is 0 Å². The smallest absolute Gasteiger partial charge is 0.303 e. The molecule has 1 rings (SSSR count). The predicted octanol–water partition coefficient (Wildman–Crippen LogP) is -1.35. The van der Waals surface area contributed by atoms with Crippen LogP contribution in [0, 0.1) is 6.42 Å². The van der Waals surface area contributed by atoms with Crippen LogP contribution in [0.5, 0.6) is 0 Å². The largest absolute Gasteiger partial charge is 1.00 e. The predicted molar refractivity (Wildman–Crippen MR) is 40.5 cm³/mol. The van der Waals surface area contributed by atoms with E-state index < -0.39 is 6.17 Å². The number of hydrogen-bond acceptors (Lipinski definition) is 1. The molecule has 11 heavy (non-hydrogen) atoms. The van der Waals surface area contributed by atoms with Gasteiger partial charge in [0.25, 0.3) is 0 Å². The Morgan fingerprint density at radius 2 is 2.18 bits per heavy atom. The molecular formula is C8H15FKN. The van der Waals surface area contributed by atoms with Gasteiger partial charge in [-0.05, 0) is 26.6 Å². The number of alkyl halides is 1. The summed E-state index contributed by atoms with van der Waals surface area (Å²) in [6.07, 6.45) is 1.97. The van der Waals surface area contributed by atoms with Gasteiger partial charge in [0.15, 0.2) is 0 Å². The minimum Gasteiger partial charge on any atom is -0.303 e. The summed E-state index contributed by atoms with van der Waals surface area (Å²) in [4.78, 5) is 2.17. The van der Waals surface area contributed by atoms with Gasteiger partial charge >= 0.3 is 51.4 Å². The van der Waals surface area contributed by atoms with Gasteiger partial charge in [-0.1, -0.05) is 0 Å². The van der Waals surface area contributed by atoms with E-state index in [9.17, 15) is 4.39 Å². The van der Waals surface area contributed by atoms with E-state index in [1.54, 1.807) is 6.42 Å². The molecule has 0 aliphatic carbocycles. The number of rotatable bonds is 1. The van der Waals surface area contributed by atoms with Crippen LogP contribution in [0.3, 0.4) is 0 Å². The fourth-order valence-electron chi connectivity index (χ4n) is 1.28. The molecule has 0 N–H and O–H groups in total. The summed E-state index contributed by atoms with van der Waals surface area (Å²) < 4.78 is 12.7. The Balaban J connectivity index is 0.000001000. The molecule has 0 amide bonds. The van der Waals surface area contributed by atoms with Crippen molar-refractivity contribution < 1.29 is 55.8 Å². The fraction of sp³-hybridized carbons (Fsp3) is 0.875. The Morgan fingerprint density at radius 3 is 2.55 bits per heavy atom. The number of likely N-dealkylation sites (tertiary alicyclic amines) is 1. The van der Waals surface area contributed by atoms with Gasteiger partial charge in [-0.25, -0.2) is 0 Å². The molecule has 1 fully saturated rings. The first-order chi connectivity index (χ1) is 4.70. The van der Waals surface area contributed by atoms with Gasteiger partial charge < -0.3 is 4.90 Å². The molecule has 1 unspecified atom stereocenters. The monoisotopic (exact) mass is 183 g/mol. The molecular weight excluding hydrogens is 168 g/mol. The van der Waals surface area contributed by atoms with Gasteiger partial charge in [0.1, 0.15) is 0 Å². The van der Waals surface area contributed by atoms with Crippen LogP contribution >= 0.6 is 0 Å². The van der Waals surface area contributed by atoms with E-state index in [-0.39, 0.29) is 51.4 Å². The summed E-state index contributed by atoms with van der Waals surface area (Å²) in [5.41, 5.74) is 0. The maximum absolute atomic E-state index is 12.7. The Morgan fingerprint density at radius 1 is 1.55 bits per heavy atom. The molecule has 0 aromatic rings. The zero-order valence-corrected chi connectivity index (χ0v) is 10.8. The van der Waals surface area contributed by atoms with E-state index in [2.05, 4.69) is 18.7 Å². The SMILES string of the molecule is CC(C)N1CC[CH-]C(F)C1.[K+]. The number of piperidine rings is 1. The van der Waals surface area contributed by atoms with Crippen LogP contribution in [-0.4, -0.2) is 30.2 Å². The molecule has 0 spiro atoms. The third-order valence-corrected chi connectivity index (χ3v) is 1.98. The third kappa shape index (κ3) is 4.34. The Kier molecular flexibility index (Phi) is 6.89. The van der Waals surface area contributed by atoms with Crippen LogP contribution in [0.4, 0.5) is 4.39 Å². The molecule has 1 heterocycles. The first-order valence-electron chi connectivity index (χ1n) is 3.91. The Bertz CT molecular complexity index is 108. The summed E-state index contributed by atoms with van der Waals surface area (Å²) in [6.45, 7) is 5.84. The molecule has 60 valence electrons. The van der Waals surface area contributed by atoms with Crippen molar-refractivity contribution in [1.29, 1.82) is 0 Å². The minimum absolute atomic E-state index is 0. The summed E-state index contributed by atoms with van der Waals surface area (Å²) in [5.74, 6) is 0. The molecule has 1 atom stereocenters. The summed E-state index contributed by atoms with van der Waals surface area (Å²) in [7, 11) is 0. The fourth-order valence-corrected chi connectivity index (χ4v) is 1.28. The van der Waals surface area contributed by atoms with Crippen LogP contribution in [0.2, 0.25) is 0 Å². The maximum Gasteiger partial charge on any atom is 1.00 e. The van der Waals surface area contributed by atoms with Crippen molar-refractivity contribution in [3.8, 4) is 0 Å². The Labute approximate surface area is 111 Å². The molecule has 1 aliphatic heterocycles. The zero-order valence-electron chi connectivity index (χ0n) is 7.68. The standard InChI is InChI=1S/C8H15FN.K/c1-7(2)10-5-3-4-8(9)6-10;/h4,7-8H,3,5-6H2,1-2H3;/q-1;+1. The van der Waals surface area contributed by atoms with E-state index in [0.29, 0.717) is 12.6 Å². The van der Waals surface area contributed by atoms with Crippen molar-refractivity contribution in [3.05, 3.63) is 6.42 Å². The van der Waals surface area contributed by atoms with E-state index in [0.717, 1.165) is 13.0 Å². The second-order valence-electron chi connectivity index (χ2n) is 3.13. The van der Waals surface area contributed by atoms with Crippen molar-refractivity contribution >= 4 is 0 Å². The van der Waals surface area contributed by atoms with Crippen molar-refractivity contribution in [3.63, 3.8) is 0 Å². The maximum atomic E-state index is 12.7. The molecule has 3 heteroatoms. The summed E-state index contributed by atoms with van der Waals surface area (Å²) in [6, 6.07) is 0.493. The van der Waals surface area contributed by atoms with Crippen molar-refractivity contribution in [2.24, 2.45) is 0 Å². The molecule has 0 aromatic carbocycles. The molecule has 1 nitrogen and oxygen atoms in total. The summed E-state index contributed by atoms with van der Waals surface area (Å²) in [5, 5.41) is 0. The van der Waals surface area contributed by atoms with Gasteiger partial charge in [-0.15, -0.1) is 0 Å². The normalized spacial score (nSPS) is 26.7. The van der Waals surface area contributed by atoms with E-state index in [1.165, 1.54) is 0 Å². The van der Waals surface area contributed by atoms with Gasteiger partial charge in [-0.2, -0.15) is 6.42 Å². The van der Waals surface area contributed by atoms with Crippen LogP contribution in [0.1, 0.15) is 20.3 Å². The first kappa shape index (κ1) is 12.5. The molecule has 0 bridgehead atoms. The average molecular weight is 183 g/mol. The average Bonchev–Trinajstić information content (AvgIpc) is 1.88. The van der Waals surface area contributed by atoms with Crippen molar-refractivity contribution in [2.45, 2.75) is 32.5 Å². The van der Waals surface area contributed by atoms with Crippen LogP contribution in [0.25, 0.3) is 0 Å². The number of halogens is 1. The number of hydrogen-bond donors (Lipinski definition) is 0. The molecule has 1 aliphatic rings. The van der Waals surface area contributed by atoms with Gasteiger partial charge in [0, 0.05) is 12.6 Å². The first-order valence-corrected chi connectivity index (χ1v) is 3.91. The Hall–Kier alpha value is 1.53. The minimum atomic E-state index is -0.698. The zero-order chi connectivity index (χ0) is 7.56. The van der Waals surface area contributed by atoms with Gasteiger partial charge in [0.2, 0.25) is 0 Å². The molecule has 0 aromatic heterocycles. The van der Waals surface area contributed by atoms with E-state index >= 15 is 0 Å². The van der Waals surface area contributed by atoms with Crippen molar-refractivity contribution in [1.82, 2.24) is 4.90 Å². The second kappa shape index (κ2) is 6.05. The number of nitrogens with zero attached hydrogens (tertiary/aromatic N) is 1. The van der Waals surface area contributed by atoms with Crippen LogP contribution in [0.15, 0.2) is 0 Å². The van der Waals surface area contributed by atoms with Crippen LogP contribution < -0.4 is 51.4 Å². The van der Waals surface area contributed by atoms with Gasteiger partial charge in [-0.3, -0.25) is 10.8 Å². The molecule has 1 saturated heterocycles. The van der Waals surface area contributed by atoms with Crippen molar-refractivity contribution in [2.75, 3.05) is 13.1 Å². The molecule has 0 saturated carbocycles. The topological polar surface area (TPSA) is 3.24 Å². The van der Waals surface area contributed by atoms with E-state index in [1.807, 2.05) is 0 Å². The van der Waals surface area contributed by atoms with Crippen LogP contribution in [-0.2, 0) is 0 Å². The quantitative estimate of drug-likeness (QED) is 0.359. The second-order valence-corrected chi connectivity index (χ2v) is 3.13. The third-order valence-electron chi connectivity index (χ3n) is 1.98. The summed E-state index contributed by atoms with van der Waals surface area (Å²) >= 11 is 0. The van der Waals surface area contributed by atoms with Gasteiger partial charge in [0.05, 0.1) is 0 Å². The molecule has 0 radical (unpaired) electrons.